The molecule has 1 aliphatic heterocycles. The summed E-state index contributed by atoms with van der Waals surface area (Å²) in [6.07, 6.45) is 2.23. The Hall–Kier alpha value is -1.70. The van der Waals surface area contributed by atoms with E-state index in [-0.39, 0.29) is 23.6 Å². The van der Waals surface area contributed by atoms with Gasteiger partial charge in [0.05, 0.1) is 34.2 Å². The van der Waals surface area contributed by atoms with Gasteiger partial charge in [-0.05, 0) is 31.0 Å². The van der Waals surface area contributed by atoms with Gasteiger partial charge in [-0.25, -0.2) is 4.68 Å². The van der Waals surface area contributed by atoms with Gasteiger partial charge in [0.1, 0.15) is 6.04 Å². The molecule has 0 bridgehead atoms. The van der Waals surface area contributed by atoms with E-state index in [1.165, 1.54) is 16.0 Å². The number of rotatable bonds is 4. The SMILES string of the molecule is O=C(NC1COCC1n1nc(C2CC2)ccc1=O)c1ccc(Cl)s1. The fourth-order valence-corrected chi connectivity index (χ4v) is 3.82. The lowest BCUT2D eigenvalue weighted by atomic mass is 10.1. The summed E-state index contributed by atoms with van der Waals surface area (Å²) in [6.45, 7) is 0.717. The van der Waals surface area contributed by atoms with Crippen molar-refractivity contribution in [3.8, 4) is 0 Å². The fourth-order valence-electron chi connectivity index (χ4n) is 2.87. The second-order valence-electron chi connectivity index (χ2n) is 6.10. The van der Waals surface area contributed by atoms with Crippen LogP contribution in [0.4, 0.5) is 0 Å². The van der Waals surface area contributed by atoms with E-state index in [0.717, 1.165) is 18.5 Å². The molecule has 8 heteroatoms. The van der Waals surface area contributed by atoms with Crippen LogP contribution in [-0.4, -0.2) is 34.9 Å². The number of nitrogens with zero attached hydrogens (tertiary/aromatic N) is 2. The van der Waals surface area contributed by atoms with Crippen molar-refractivity contribution in [2.24, 2.45) is 0 Å². The zero-order chi connectivity index (χ0) is 16.7. The highest BCUT2D eigenvalue weighted by molar-refractivity contribution is 7.18. The first-order valence-electron chi connectivity index (χ1n) is 7.85. The topological polar surface area (TPSA) is 73.2 Å². The first-order valence-corrected chi connectivity index (χ1v) is 9.05. The maximum atomic E-state index is 12.3. The summed E-state index contributed by atoms with van der Waals surface area (Å²) in [7, 11) is 0. The number of amides is 1. The van der Waals surface area contributed by atoms with E-state index in [1.54, 1.807) is 24.3 Å². The Labute approximate surface area is 147 Å². The molecule has 2 unspecified atom stereocenters. The van der Waals surface area contributed by atoms with Crippen LogP contribution in [-0.2, 0) is 4.74 Å². The molecule has 2 fully saturated rings. The molecule has 1 aliphatic carbocycles. The molecule has 2 aromatic heterocycles. The van der Waals surface area contributed by atoms with Gasteiger partial charge in [0.15, 0.2) is 0 Å². The van der Waals surface area contributed by atoms with Gasteiger partial charge in [0, 0.05) is 12.0 Å². The molecule has 2 aromatic rings. The Bertz CT molecular complexity index is 830. The Morgan fingerprint density at radius 3 is 2.83 bits per heavy atom. The molecule has 0 spiro atoms. The average Bonchev–Trinajstić information content (AvgIpc) is 3.17. The Morgan fingerprint density at radius 1 is 1.29 bits per heavy atom. The van der Waals surface area contributed by atoms with E-state index >= 15 is 0 Å². The third-order valence-corrected chi connectivity index (χ3v) is 5.55. The van der Waals surface area contributed by atoms with Gasteiger partial charge in [-0.2, -0.15) is 5.10 Å². The zero-order valence-corrected chi connectivity index (χ0v) is 14.3. The molecule has 2 atom stereocenters. The highest BCUT2D eigenvalue weighted by Gasteiger charge is 2.34. The predicted molar refractivity (Wildman–Crippen MR) is 90.9 cm³/mol. The lowest BCUT2D eigenvalue weighted by Gasteiger charge is -2.20. The number of ether oxygens (including phenoxy) is 1. The molecule has 1 saturated heterocycles. The molecule has 1 N–H and O–H groups in total. The van der Waals surface area contributed by atoms with Crippen molar-refractivity contribution in [2.75, 3.05) is 13.2 Å². The van der Waals surface area contributed by atoms with Crippen molar-refractivity contribution in [2.45, 2.75) is 30.8 Å². The first kappa shape index (κ1) is 15.8. The molecular formula is C16H16ClN3O3S. The summed E-state index contributed by atoms with van der Waals surface area (Å²) in [6, 6.07) is 6.14. The van der Waals surface area contributed by atoms with Crippen molar-refractivity contribution >= 4 is 28.8 Å². The van der Waals surface area contributed by atoms with Gasteiger partial charge < -0.3 is 10.1 Å². The minimum Gasteiger partial charge on any atom is -0.377 e. The molecule has 6 nitrogen and oxygen atoms in total. The number of carbonyl (C=O) groups excluding carboxylic acids is 1. The Kier molecular flexibility index (Phi) is 4.15. The van der Waals surface area contributed by atoms with Crippen molar-refractivity contribution in [1.82, 2.24) is 15.1 Å². The number of nitrogens with one attached hydrogen (secondary N) is 1. The summed E-state index contributed by atoms with van der Waals surface area (Å²) in [5, 5.41) is 7.44. The normalized spacial score (nSPS) is 23.4. The number of carbonyl (C=O) groups is 1. The Balaban J connectivity index is 1.55. The maximum absolute atomic E-state index is 12.3. The maximum Gasteiger partial charge on any atom is 0.267 e. The second-order valence-corrected chi connectivity index (χ2v) is 7.82. The van der Waals surface area contributed by atoms with Gasteiger partial charge in [0.25, 0.3) is 11.5 Å². The van der Waals surface area contributed by atoms with Crippen LogP contribution in [0, 0.1) is 0 Å². The molecule has 1 amide bonds. The highest BCUT2D eigenvalue weighted by atomic mass is 35.5. The summed E-state index contributed by atoms with van der Waals surface area (Å²) in [5.41, 5.74) is 0.768. The van der Waals surface area contributed by atoms with Crippen molar-refractivity contribution in [3.63, 3.8) is 0 Å². The number of halogens is 1. The molecule has 126 valence electrons. The molecule has 0 aromatic carbocycles. The molecular weight excluding hydrogens is 350 g/mol. The van der Waals surface area contributed by atoms with E-state index in [4.69, 9.17) is 16.3 Å². The number of thiophene rings is 1. The summed E-state index contributed by atoms with van der Waals surface area (Å²) in [4.78, 5) is 25.1. The van der Waals surface area contributed by atoms with Crippen molar-refractivity contribution in [1.29, 1.82) is 0 Å². The molecule has 3 heterocycles. The zero-order valence-electron chi connectivity index (χ0n) is 12.8. The number of aromatic nitrogens is 2. The smallest absolute Gasteiger partial charge is 0.267 e. The van der Waals surface area contributed by atoms with Gasteiger partial charge in [0.2, 0.25) is 0 Å². The first-order chi connectivity index (χ1) is 11.6. The molecule has 0 radical (unpaired) electrons. The standard InChI is InChI=1S/C16H16ClN3O3S/c17-14-5-4-13(24-14)16(22)18-11-7-23-8-12(11)20-15(21)6-3-10(19-20)9-1-2-9/h3-6,9,11-12H,1-2,7-8H2,(H,18,22). The molecule has 2 aliphatic rings. The fraction of sp³-hybridized carbons (Fsp3) is 0.438. The van der Waals surface area contributed by atoms with E-state index in [2.05, 4.69) is 10.4 Å². The summed E-state index contributed by atoms with van der Waals surface area (Å²) in [5.74, 6) is 0.249. The van der Waals surface area contributed by atoms with Crippen LogP contribution in [0.25, 0.3) is 0 Å². The van der Waals surface area contributed by atoms with Crippen LogP contribution in [0.1, 0.15) is 40.2 Å². The Morgan fingerprint density at radius 2 is 2.12 bits per heavy atom. The molecule has 1 saturated carbocycles. The van der Waals surface area contributed by atoms with Crippen LogP contribution in [0.15, 0.2) is 29.1 Å². The van der Waals surface area contributed by atoms with Crippen LogP contribution in [0.2, 0.25) is 4.34 Å². The van der Waals surface area contributed by atoms with E-state index < -0.39 is 0 Å². The second kappa shape index (κ2) is 6.31. The van der Waals surface area contributed by atoms with Crippen LogP contribution < -0.4 is 10.9 Å². The van der Waals surface area contributed by atoms with Gasteiger partial charge in [-0.1, -0.05) is 11.6 Å². The van der Waals surface area contributed by atoms with E-state index in [1.807, 2.05) is 0 Å². The predicted octanol–water partition coefficient (Wildman–Crippen LogP) is 2.21. The van der Waals surface area contributed by atoms with Gasteiger partial charge in [-0.15, -0.1) is 11.3 Å². The third kappa shape index (κ3) is 3.11. The number of hydrogen-bond acceptors (Lipinski definition) is 5. The summed E-state index contributed by atoms with van der Waals surface area (Å²) >= 11 is 7.10. The van der Waals surface area contributed by atoms with Crippen molar-refractivity contribution < 1.29 is 9.53 Å². The van der Waals surface area contributed by atoms with E-state index in [9.17, 15) is 9.59 Å². The monoisotopic (exact) mass is 365 g/mol. The van der Waals surface area contributed by atoms with Crippen LogP contribution in [0.5, 0.6) is 0 Å². The number of hydrogen-bond donors (Lipinski definition) is 1. The minimum atomic E-state index is -0.296. The van der Waals surface area contributed by atoms with Crippen molar-refractivity contribution in [3.05, 3.63) is 49.5 Å². The minimum absolute atomic E-state index is 0.173. The lowest BCUT2D eigenvalue weighted by Crippen LogP contribution is -2.44. The molecule has 4 rings (SSSR count). The highest BCUT2D eigenvalue weighted by Crippen LogP contribution is 2.38. The van der Waals surface area contributed by atoms with Gasteiger partial charge in [-0.3, -0.25) is 9.59 Å². The van der Waals surface area contributed by atoms with E-state index in [0.29, 0.717) is 28.3 Å². The summed E-state index contributed by atoms with van der Waals surface area (Å²) < 4.78 is 7.53. The largest absolute Gasteiger partial charge is 0.377 e. The van der Waals surface area contributed by atoms with Crippen LogP contribution in [0.3, 0.4) is 0 Å². The third-order valence-electron chi connectivity index (χ3n) is 4.32. The lowest BCUT2D eigenvalue weighted by molar-refractivity contribution is 0.0928. The van der Waals surface area contributed by atoms with Gasteiger partial charge >= 0.3 is 0 Å². The average molecular weight is 366 g/mol. The quantitative estimate of drug-likeness (QED) is 0.901. The van der Waals surface area contributed by atoms with Crippen LogP contribution >= 0.6 is 22.9 Å². The molecule has 24 heavy (non-hydrogen) atoms.